The van der Waals surface area contributed by atoms with Crippen LogP contribution in [0.4, 0.5) is 13.2 Å². The highest BCUT2D eigenvalue weighted by Crippen LogP contribution is 2.31. The maximum atomic E-state index is 12.8. The minimum Gasteiger partial charge on any atom is -0.476 e. The van der Waals surface area contributed by atoms with E-state index in [1.54, 1.807) is 52.0 Å². The van der Waals surface area contributed by atoms with Crippen molar-refractivity contribution in [3.05, 3.63) is 71.1 Å². The van der Waals surface area contributed by atoms with Crippen LogP contribution in [0.25, 0.3) is 11.5 Å². The maximum absolute atomic E-state index is 12.8. The third-order valence-electron chi connectivity index (χ3n) is 4.98. The van der Waals surface area contributed by atoms with Crippen LogP contribution in [0.1, 0.15) is 48.1 Å². The molecule has 0 saturated heterocycles. The second-order valence-corrected chi connectivity index (χ2v) is 8.17. The van der Waals surface area contributed by atoms with Gasteiger partial charge in [-0.1, -0.05) is 12.1 Å². The quantitative estimate of drug-likeness (QED) is 0.430. The third kappa shape index (κ3) is 6.40. The first-order valence-corrected chi connectivity index (χ1v) is 10.8. The highest BCUT2D eigenvalue weighted by Gasteiger charge is 2.32. The third-order valence-corrected chi connectivity index (χ3v) is 4.98. The van der Waals surface area contributed by atoms with Gasteiger partial charge in [0.05, 0.1) is 17.9 Å². The Morgan fingerprint density at radius 1 is 1.03 bits per heavy atom. The number of amides is 1. The average molecular weight is 490 g/mol. The first-order valence-electron chi connectivity index (χ1n) is 10.8. The number of carbonyl (C=O) groups is 2. The zero-order chi connectivity index (χ0) is 25.8. The number of hydrogen-bond donors (Lipinski definition) is 1. The summed E-state index contributed by atoms with van der Waals surface area (Å²) in [5, 5.41) is 2.72. The highest BCUT2D eigenvalue weighted by atomic mass is 19.4. The molecule has 0 aliphatic rings. The lowest BCUT2D eigenvalue weighted by atomic mass is 10.1. The molecule has 186 valence electrons. The summed E-state index contributed by atoms with van der Waals surface area (Å²) in [7, 11) is 0. The van der Waals surface area contributed by atoms with E-state index in [1.807, 2.05) is 0 Å². The largest absolute Gasteiger partial charge is 0.476 e. The molecule has 0 spiro atoms. The molecule has 0 radical (unpaired) electrons. The zero-order valence-electron chi connectivity index (χ0n) is 19.7. The number of carbonyl (C=O) groups excluding carboxylic acids is 2. The number of ether oxygens (including phenoxy) is 2. The molecule has 0 atom stereocenters. The average Bonchev–Trinajstić information content (AvgIpc) is 3.19. The van der Waals surface area contributed by atoms with Crippen LogP contribution < -0.4 is 10.1 Å². The van der Waals surface area contributed by atoms with Gasteiger partial charge in [0.2, 0.25) is 11.7 Å². The molecule has 10 heteroatoms. The highest BCUT2D eigenvalue weighted by molar-refractivity contribution is 5.92. The van der Waals surface area contributed by atoms with Gasteiger partial charge in [0.1, 0.15) is 5.75 Å². The van der Waals surface area contributed by atoms with E-state index in [2.05, 4.69) is 10.3 Å². The lowest BCUT2D eigenvalue weighted by Crippen LogP contribution is -2.39. The molecule has 1 amide bonds. The Kier molecular flexibility index (Phi) is 7.52. The number of rotatable bonds is 8. The Hall–Kier alpha value is -3.82. The number of aryl methyl sites for hydroxylation is 1. The van der Waals surface area contributed by atoms with Gasteiger partial charge in [-0.2, -0.15) is 13.2 Å². The van der Waals surface area contributed by atoms with Gasteiger partial charge in [-0.15, -0.1) is 0 Å². The molecule has 1 aromatic heterocycles. The van der Waals surface area contributed by atoms with Crippen molar-refractivity contribution in [1.29, 1.82) is 0 Å². The zero-order valence-corrected chi connectivity index (χ0v) is 19.7. The number of benzene rings is 2. The van der Waals surface area contributed by atoms with Crippen molar-refractivity contribution >= 4 is 11.9 Å². The molecular weight excluding hydrogens is 465 g/mol. The molecule has 0 aliphatic carbocycles. The van der Waals surface area contributed by atoms with Gasteiger partial charge in [0.25, 0.3) is 5.91 Å². The van der Waals surface area contributed by atoms with Crippen molar-refractivity contribution < 1.29 is 36.7 Å². The van der Waals surface area contributed by atoms with Crippen LogP contribution in [0.5, 0.6) is 5.75 Å². The Balaban J connectivity index is 1.62. The van der Waals surface area contributed by atoms with Gasteiger partial charge in [-0.05, 0) is 69.7 Å². The van der Waals surface area contributed by atoms with E-state index < -0.39 is 29.2 Å². The van der Waals surface area contributed by atoms with Crippen LogP contribution in [-0.2, 0) is 22.3 Å². The van der Waals surface area contributed by atoms with Gasteiger partial charge < -0.3 is 19.2 Å². The second-order valence-electron chi connectivity index (χ2n) is 8.17. The molecule has 2 aromatic carbocycles. The summed E-state index contributed by atoms with van der Waals surface area (Å²) in [4.78, 5) is 28.7. The molecule has 3 rings (SSSR count). The molecule has 7 nitrogen and oxygen atoms in total. The number of esters is 1. The second kappa shape index (κ2) is 10.2. The van der Waals surface area contributed by atoms with Crippen molar-refractivity contribution in [3.8, 4) is 17.2 Å². The van der Waals surface area contributed by atoms with E-state index in [9.17, 15) is 22.8 Å². The Morgan fingerprint density at radius 3 is 2.23 bits per heavy atom. The first kappa shape index (κ1) is 25.8. The van der Waals surface area contributed by atoms with E-state index in [4.69, 9.17) is 13.9 Å². The molecule has 0 aliphatic heterocycles. The topological polar surface area (TPSA) is 90.7 Å². The first-order chi connectivity index (χ1) is 16.4. The Morgan fingerprint density at radius 2 is 1.66 bits per heavy atom. The van der Waals surface area contributed by atoms with Crippen LogP contribution in [0.15, 0.2) is 52.9 Å². The lowest BCUT2D eigenvalue weighted by molar-refractivity contribution is -0.158. The number of nitrogens with one attached hydrogen (secondary N) is 1. The molecule has 0 unspecified atom stereocenters. The molecule has 3 aromatic rings. The van der Waals surface area contributed by atoms with E-state index in [1.165, 1.54) is 12.1 Å². The number of nitrogens with zero attached hydrogens (tertiary/aromatic N) is 1. The van der Waals surface area contributed by atoms with Crippen molar-refractivity contribution in [1.82, 2.24) is 10.3 Å². The smallest absolute Gasteiger partial charge is 0.416 e. The van der Waals surface area contributed by atoms with E-state index in [-0.39, 0.29) is 24.8 Å². The Bertz CT molecular complexity index is 1180. The Labute approximate surface area is 200 Å². The predicted octanol–water partition coefficient (Wildman–Crippen LogP) is 5.32. The monoisotopic (exact) mass is 490 g/mol. The van der Waals surface area contributed by atoms with E-state index in [0.717, 1.165) is 17.7 Å². The summed E-state index contributed by atoms with van der Waals surface area (Å²) in [5.74, 6) is -0.514. The molecule has 1 N–H and O–H groups in total. The van der Waals surface area contributed by atoms with Gasteiger partial charge in [0.15, 0.2) is 5.60 Å². The summed E-state index contributed by atoms with van der Waals surface area (Å²) >= 11 is 0. The molecule has 0 fully saturated rings. The fourth-order valence-corrected chi connectivity index (χ4v) is 3.11. The maximum Gasteiger partial charge on any atom is 0.416 e. The van der Waals surface area contributed by atoms with Crippen molar-refractivity contribution in [3.63, 3.8) is 0 Å². The molecule has 35 heavy (non-hydrogen) atoms. The predicted molar refractivity (Wildman–Crippen MR) is 121 cm³/mol. The minimum absolute atomic E-state index is 0.0314. The number of aromatic nitrogens is 1. The van der Waals surface area contributed by atoms with Crippen LogP contribution in [0, 0.1) is 6.92 Å². The molecule has 1 heterocycles. The van der Waals surface area contributed by atoms with E-state index >= 15 is 0 Å². The normalized spacial score (nSPS) is 11.7. The van der Waals surface area contributed by atoms with E-state index in [0.29, 0.717) is 17.0 Å². The van der Waals surface area contributed by atoms with Crippen LogP contribution in [0.3, 0.4) is 0 Å². The van der Waals surface area contributed by atoms with Crippen molar-refractivity contribution in [2.75, 3.05) is 6.61 Å². The van der Waals surface area contributed by atoms with Crippen molar-refractivity contribution in [2.24, 2.45) is 0 Å². The molecule has 0 bridgehead atoms. The van der Waals surface area contributed by atoms with Gasteiger partial charge in [0, 0.05) is 12.1 Å². The number of hydrogen-bond acceptors (Lipinski definition) is 6. The summed E-state index contributed by atoms with van der Waals surface area (Å²) in [6.45, 7) is 6.93. The fraction of sp³-hybridized carbons (Fsp3) is 0.320. The minimum atomic E-state index is -4.45. The summed E-state index contributed by atoms with van der Waals surface area (Å²) in [6.07, 6.45) is -4.45. The van der Waals surface area contributed by atoms with Gasteiger partial charge >= 0.3 is 12.1 Å². The lowest BCUT2D eigenvalue weighted by Gasteiger charge is -2.24. The summed E-state index contributed by atoms with van der Waals surface area (Å²) in [5.41, 5.74) is -0.549. The standard InChI is InChI=1S/C25H25F3N2O5/c1-5-33-23(32)24(3,4)35-19-12-6-16(7-13-19)14-29-21(31)20-15(2)30-22(34-20)17-8-10-18(11-9-17)25(26,27)28/h6-13H,5,14H2,1-4H3,(H,29,31). The number of halogens is 3. The number of oxazole rings is 1. The molecular formula is C25H25F3N2O5. The van der Waals surface area contributed by atoms with Crippen LogP contribution in [-0.4, -0.2) is 29.1 Å². The summed E-state index contributed by atoms with van der Waals surface area (Å²) in [6, 6.07) is 11.1. The van der Waals surface area contributed by atoms with Crippen molar-refractivity contribution in [2.45, 2.75) is 46.0 Å². The SMILES string of the molecule is CCOC(=O)C(C)(C)Oc1ccc(CNC(=O)c2oc(-c3ccc(C(F)(F)F)cc3)nc2C)cc1. The van der Waals surface area contributed by atoms with Gasteiger partial charge in [-0.3, -0.25) is 4.79 Å². The summed E-state index contributed by atoms with van der Waals surface area (Å²) < 4.78 is 54.5. The number of alkyl halides is 3. The van der Waals surface area contributed by atoms with Crippen LogP contribution >= 0.6 is 0 Å². The molecule has 0 saturated carbocycles. The fourth-order valence-electron chi connectivity index (χ4n) is 3.11. The van der Waals surface area contributed by atoms with Crippen LogP contribution in [0.2, 0.25) is 0 Å². The van der Waals surface area contributed by atoms with Gasteiger partial charge in [-0.25, -0.2) is 9.78 Å².